The summed E-state index contributed by atoms with van der Waals surface area (Å²) < 4.78 is 11.1. The molecule has 0 spiro atoms. The minimum absolute atomic E-state index is 0.313. The lowest BCUT2D eigenvalue weighted by molar-refractivity contribution is -0.136. The zero-order valence-corrected chi connectivity index (χ0v) is 16.7. The van der Waals surface area contributed by atoms with E-state index in [2.05, 4.69) is 28.9 Å². The molecule has 3 atom stereocenters. The lowest BCUT2D eigenvalue weighted by Gasteiger charge is -2.51. The average molecular weight is 383 g/mol. The van der Waals surface area contributed by atoms with Crippen molar-refractivity contribution >= 4 is 5.91 Å². The molecule has 0 radical (unpaired) electrons. The molecule has 0 unspecified atom stereocenters. The summed E-state index contributed by atoms with van der Waals surface area (Å²) in [7, 11) is 0. The summed E-state index contributed by atoms with van der Waals surface area (Å²) in [5.74, 6) is 3.14. The van der Waals surface area contributed by atoms with Crippen molar-refractivity contribution in [2.24, 2.45) is 11.3 Å². The minimum Gasteiger partial charge on any atom is -0.454 e. The third-order valence-electron chi connectivity index (χ3n) is 8.19. The number of benzene rings is 1. The molecule has 5 heteroatoms. The maximum absolute atomic E-state index is 13.3. The molecule has 5 nitrogen and oxygen atoms in total. The largest absolute Gasteiger partial charge is 0.454 e. The van der Waals surface area contributed by atoms with Gasteiger partial charge < -0.3 is 14.4 Å². The molecular weight excluding hydrogens is 352 g/mol. The Morgan fingerprint density at radius 3 is 2.71 bits per heavy atom. The van der Waals surface area contributed by atoms with Crippen molar-refractivity contribution in [2.45, 2.75) is 63.5 Å². The van der Waals surface area contributed by atoms with Crippen LogP contribution < -0.4 is 9.47 Å². The van der Waals surface area contributed by atoms with Crippen molar-refractivity contribution in [1.29, 1.82) is 0 Å². The van der Waals surface area contributed by atoms with Crippen LogP contribution in [0, 0.1) is 11.3 Å². The van der Waals surface area contributed by atoms with E-state index in [-0.39, 0.29) is 0 Å². The van der Waals surface area contributed by atoms with Gasteiger partial charge in [0.15, 0.2) is 11.5 Å². The maximum atomic E-state index is 13.3. The van der Waals surface area contributed by atoms with E-state index < -0.39 is 0 Å². The first kappa shape index (κ1) is 17.1. The SMILES string of the molecule is CC1(CCC(=O)N2C[C@H](c3ccc4c(c3)OCO4)[C@H]3[C@@H]2C2CCN3CC2)CC1. The van der Waals surface area contributed by atoms with E-state index in [4.69, 9.17) is 9.47 Å². The van der Waals surface area contributed by atoms with E-state index in [0.717, 1.165) is 30.9 Å². The summed E-state index contributed by atoms with van der Waals surface area (Å²) in [6, 6.07) is 7.26. The number of carbonyl (C=O) groups excluding carboxylic acids is 1. The van der Waals surface area contributed by atoms with Crippen molar-refractivity contribution in [3.63, 3.8) is 0 Å². The first-order valence-electron chi connectivity index (χ1n) is 11.0. The van der Waals surface area contributed by atoms with Crippen LogP contribution in [-0.4, -0.2) is 54.2 Å². The van der Waals surface area contributed by atoms with Crippen LogP contribution in [0.15, 0.2) is 18.2 Å². The summed E-state index contributed by atoms with van der Waals surface area (Å²) in [5.41, 5.74) is 1.75. The zero-order chi connectivity index (χ0) is 18.9. The molecule has 5 heterocycles. The molecule has 150 valence electrons. The molecule has 7 rings (SSSR count). The lowest BCUT2D eigenvalue weighted by atomic mass is 9.75. The second-order valence-corrected chi connectivity index (χ2v) is 9.93. The second-order valence-electron chi connectivity index (χ2n) is 9.93. The molecule has 1 aromatic carbocycles. The Balaban J connectivity index is 1.29. The minimum atomic E-state index is 0.313. The van der Waals surface area contributed by atoms with Gasteiger partial charge in [-0.1, -0.05) is 13.0 Å². The summed E-state index contributed by atoms with van der Waals surface area (Å²) in [6.45, 7) is 5.88. The Labute approximate surface area is 167 Å². The standard InChI is InChI=1S/C23H30N2O3/c1-23(8-9-23)7-4-20(26)25-13-17(16-2-3-18-19(12-16)28-14-27-18)22-21(25)15-5-10-24(22)11-6-15/h2-3,12,15,17,21-22H,4-11,13-14H2,1H3/t17-,21+,22+/m1/s1. The van der Waals surface area contributed by atoms with Crippen LogP contribution in [0.4, 0.5) is 0 Å². The number of nitrogens with zero attached hydrogens (tertiary/aromatic N) is 2. The molecule has 0 N–H and O–H groups in total. The van der Waals surface area contributed by atoms with Crippen molar-refractivity contribution in [2.75, 3.05) is 26.4 Å². The molecule has 6 aliphatic rings. The number of ether oxygens (including phenoxy) is 2. The highest BCUT2D eigenvalue weighted by molar-refractivity contribution is 5.77. The molecule has 28 heavy (non-hydrogen) atoms. The number of piperidine rings is 3. The van der Waals surface area contributed by atoms with Crippen LogP contribution in [0.5, 0.6) is 11.5 Å². The predicted octanol–water partition coefficient (Wildman–Crippen LogP) is 3.38. The van der Waals surface area contributed by atoms with Gasteiger partial charge in [-0.05, 0) is 74.2 Å². The number of amides is 1. The fourth-order valence-electron chi connectivity index (χ4n) is 6.16. The topological polar surface area (TPSA) is 42.0 Å². The first-order chi connectivity index (χ1) is 13.6. The van der Waals surface area contributed by atoms with Crippen LogP contribution >= 0.6 is 0 Å². The van der Waals surface area contributed by atoms with E-state index in [9.17, 15) is 4.79 Å². The number of hydrogen-bond donors (Lipinski definition) is 0. The highest BCUT2D eigenvalue weighted by Crippen LogP contribution is 2.50. The first-order valence-corrected chi connectivity index (χ1v) is 11.0. The van der Waals surface area contributed by atoms with Gasteiger partial charge in [0.1, 0.15) is 0 Å². The van der Waals surface area contributed by atoms with Gasteiger partial charge in [-0.15, -0.1) is 0 Å². The third kappa shape index (κ3) is 2.66. The van der Waals surface area contributed by atoms with Gasteiger partial charge >= 0.3 is 0 Å². The molecule has 2 bridgehead atoms. The van der Waals surface area contributed by atoms with Crippen molar-refractivity contribution in [1.82, 2.24) is 9.80 Å². The fourth-order valence-corrected chi connectivity index (χ4v) is 6.16. The normalized spacial score (nSPS) is 36.5. The molecule has 5 fully saturated rings. The summed E-state index contributed by atoms with van der Waals surface area (Å²) in [6.07, 6.45) is 6.86. The van der Waals surface area contributed by atoms with Gasteiger partial charge in [-0.25, -0.2) is 0 Å². The third-order valence-corrected chi connectivity index (χ3v) is 8.19. The number of fused-ring (bicyclic) bond motifs is 3. The van der Waals surface area contributed by atoms with Crippen LogP contribution in [0.3, 0.4) is 0 Å². The molecule has 1 aromatic rings. The highest BCUT2D eigenvalue weighted by atomic mass is 16.7. The molecule has 4 saturated heterocycles. The average Bonchev–Trinajstić information content (AvgIpc) is 3.13. The monoisotopic (exact) mass is 382 g/mol. The van der Waals surface area contributed by atoms with Crippen LogP contribution in [0.1, 0.15) is 56.9 Å². The number of hydrogen-bond acceptors (Lipinski definition) is 4. The summed E-state index contributed by atoms with van der Waals surface area (Å²) >= 11 is 0. The number of carbonyl (C=O) groups is 1. The number of likely N-dealkylation sites (tertiary alicyclic amines) is 1. The van der Waals surface area contributed by atoms with Crippen molar-refractivity contribution in [3.05, 3.63) is 23.8 Å². The van der Waals surface area contributed by atoms with Gasteiger partial charge in [0, 0.05) is 24.9 Å². The highest BCUT2D eigenvalue weighted by Gasteiger charge is 2.54. The Hall–Kier alpha value is -1.75. The van der Waals surface area contributed by atoms with E-state index in [1.165, 1.54) is 44.3 Å². The van der Waals surface area contributed by atoms with Gasteiger partial charge in [-0.3, -0.25) is 9.69 Å². The van der Waals surface area contributed by atoms with Crippen LogP contribution in [0.2, 0.25) is 0 Å². The molecule has 1 saturated carbocycles. The molecule has 1 amide bonds. The number of rotatable bonds is 4. The van der Waals surface area contributed by atoms with Crippen molar-refractivity contribution in [3.8, 4) is 11.5 Å². The molecule has 1 aliphatic carbocycles. The summed E-state index contributed by atoms with van der Waals surface area (Å²) in [4.78, 5) is 18.2. The van der Waals surface area contributed by atoms with E-state index >= 15 is 0 Å². The maximum Gasteiger partial charge on any atom is 0.231 e. The molecule has 5 aliphatic heterocycles. The lowest BCUT2D eigenvalue weighted by Crippen LogP contribution is -2.60. The Bertz CT molecular complexity index is 797. The molecular formula is C23H30N2O3. The van der Waals surface area contributed by atoms with Crippen LogP contribution in [0.25, 0.3) is 0 Å². The van der Waals surface area contributed by atoms with Gasteiger partial charge in [-0.2, -0.15) is 0 Å². The van der Waals surface area contributed by atoms with E-state index in [1.807, 2.05) is 6.07 Å². The van der Waals surface area contributed by atoms with Crippen LogP contribution in [-0.2, 0) is 4.79 Å². The summed E-state index contributed by atoms with van der Waals surface area (Å²) in [5, 5.41) is 0. The van der Waals surface area contributed by atoms with Gasteiger partial charge in [0.2, 0.25) is 12.7 Å². The van der Waals surface area contributed by atoms with E-state index in [1.54, 1.807) is 0 Å². The van der Waals surface area contributed by atoms with Crippen molar-refractivity contribution < 1.29 is 14.3 Å². The quantitative estimate of drug-likeness (QED) is 0.801. The smallest absolute Gasteiger partial charge is 0.231 e. The fraction of sp³-hybridized carbons (Fsp3) is 0.696. The van der Waals surface area contributed by atoms with Gasteiger partial charge in [0.25, 0.3) is 0 Å². The zero-order valence-electron chi connectivity index (χ0n) is 16.7. The molecule has 0 aromatic heterocycles. The Morgan fingerprint density at radius 2 is 1.93 bits per heavy atom. The van der Waals surface area contributed by atoms with E-state index in [0.29, 0.717) is 42.0 Å². The second kappa shape index (κ2) is 6.12. The van der Waals surface area contributed by atoms with Gasteiger partial charge in [0.05, 0.1) is 6.04 Å². The predicted molar refractivity (Wildman–Crippen MR) is 105 cm³/mol. The Morgan fingerprint density at radius 1 is 1.14 bits per heavy atom. The Kier molecular flexibility index (Phi) is 3.75.